The van der Waals surface area contributed by atoms with E-state index in [1.807, 2.05) is 11.3 Å². The minimum Gasteiger partial charge on any atom is -0.309 e. The molecule has 0 amide bonds. The smallest absolute Gasteiger partial charge is 0.0555 e. The molecular formula is C42H27NS. The van der Waals surface area contributed by atoms with Crippen molar-refractivity contribution in [1.29, 1.82) is 0 Å². The summed E-state index contributed by atoms with van der Waals surface area (Å²) >= 11 is 1.91. The summed E-state index contributed by atoms with van der Waals surface area (Å²) in [4.78, 5) is 0. The van der Waals surface area contributed by atoms with Gasteiger partial charge in [0.15, 0.2) is 0 Å². The molecule has 0 bridgehead atoms. The van der Waals surface area contributed by atoms with Crippen molar-refractivity contribution in [2.24, 2.45) is 0 Å². The number of nitrogens with zero attached hydrogens (tertiary/aromatic N) is 1. The van der Waals surface area contributed by atoms with Gasteiger partial charge in [-0.1, -0.05) is 121 Å². The van der Waals surface area contributed by atoms with Gasteiger partial charge >= 0.3 is 0 Å². The Morgan fingerprint density at radius 3 is 1.50 bits per heavy atom. The Balaban J connectivity index is 1.31. The summed E-state index contributed by atoms with van der Waals surface area (Å²) in [6, 6.07) is 59.5. The second-order valence-corrected chi connectivity index (χ2v) is 12.4. The summed E-state index contributed by atoms with van der Waals surface area (Å²) < 4.78 is 5.10. The monoisotopic (exact) mass is 577 g/mol. The van der Waals surface area contributed by atoms with Gasteiger partial charge < -0.3 is 4.57 Å². The molecule has 206 valence electrons. The van der Waals surface area contributed by atoms with Crippen LogP contribution >= 0.6 is 11.3 Å². The molecule has 0 atom stereocenters. The summed E-state index contributed by atoms with van der Waals surface area (Å²) in [5.41, 5.74) is 11.1. The number of aromatic nitrogens is 1. The van der Waals surface area contributed by atoms with Crippen LogP contribution in [0.1, 0.15) is 0 Å². The van der Waals surface area contributed by atoms with E-state index in [0.717, 1.165) is 0 Å². The topological polar surface area (TPSA) is 4.93 Å². The maximum Gasteiger partial charge on any atom is 0.0555 e. The number of hydrogen-bond donors (Lipinski definition) is 0. The van der Waals surface area contributed by atoms with E-state index in [2.05, 4.69) is 168 Å². The largest absolute Gasteiger partial charge is 0.309 e. The molecule has 0 N–H and O–H groups in total. The fourth-order valence-corrected chi connectivity index (χ4v) is 7.91. The molecular weight excluding hydrogens is 551 g/mol. The summed E-state index contributed by atoms with van der Waals surface area (Å²) in [5, 5.41) is 5.25. The van der Waals surface area contributed by atoms with Crippen LogP contribution in [0.4, 0.5) is 0 Å². The Morgan fingerprint density at radius 1 is 0.364 bits per heavy atom. The van der Waals surface area contributed by atoms with E-state index in [-0.39, 0.29) is 0 Å². The first kappa shape index (κ1) is 25.1. The maximum atomic E-state index is 2.44. The van der Waals surface area contributed by atoms with E-state index >= 15 is 0 Å². The zero-order valence-electron chi connectivity index (χ0n) is 23.9. The third kappa shape index (κ3) is 4.00. The van der Waals surface area contributed by atoms with Gasteiger partial charge in [0, 0.05) is 36.6 Å². The Labute approximate surface area is 259 Å². The number of rotatable bonds is 4. The lowest BCUT2D eigenvalue weighted by atomic mass is 10.0. The molecule has 2 heteroatoms. The first-order valence-electron chi connectivity index (χ1n) is 15.0. The van der Waals surface area contributed by atoms with E-state index in [0.29, 0.717) is 0 Å². The van der Waals surface area contributed by atoms with Crippen molar-refractivity contribution in [2.75, 3.05) is 0 Å². The molecule has 0 saturated heterocycles. The Hall–Kier alpha value is -5.44. The number of benzene rings is 7. The molecule has 0 unspecified atom stereocenters. The predicted octanol–water partition coefficient (Wildman–Crippen LogP) is 12.2. The van der Waals surface area contributed by atoms with E-state index in [4.69, 9.17) is 0 Å². The van der Waals surface area contributed by atoms with Crippen LogP contribution in [0.3, 0.4) is 0 Å². The molecule has 0 saturated carbocycles. The van der Waals surface area contributed by atoms with Crippen LogP contribution in [0.2, 0.25) is 0 Å². The lowest BCUT2D eigenvalue weighted by Gasteiger charge is -2.10. The van der Waals surface area contributed by atoms with E-state index in [1.165, 1.54) is 81.0 Å². The zero-order valence-corrected chi connectivity index (χ0v) is 24.8. The average molecular weight is 578 g/mol. The van der Waals surface area contributed by atoms with Crippen LogP contribution in [-0.2, 0) is 0 Å². The summed E-state index contributed by atoms with van der Waals surface area (Å²) in [6.07, 6.45) is 0. The van der Waals surface area contributed by atoms with E-state index in [1.54, 1.807) is 0 Å². The van der Waals surface area contributed by atoms with E-state index < -0.39 is 0 Å². The normalized spacial score (nSPS) is 11.6. The minimum absolute atomic E-state index is 1.17. The van der Waals surface area contributed by atoms with Gasteiger partial charge in [-0.15, -0.1) is 11.3 Å². The standard InChI is InChI=1S/C42H27NS/c1-4-10-28(11-5-1)31-16-20-34(21-17-31)43-38-23-18-32(29-12-6-2-7-13-29)27-37(38)41-39(43)24-22-35-36-26-33(30-14-8-3-9-15-30)19-25-40(36)44-42(35)41/h1-27H. The molecule has 0 radical (unpaired) electrons. The number of hydrogen-bond acceptors (Lipinski definition) is 1. The third-order valence-corrected chi connectivity index (χ3v) is 10.0. The second kappa shape index (κ2) is 10.1. The first-order valence-corrected chi connectivity index (χ1v) is 15.8. The maximum absolute atomic E-state index is 2.44. The highest BCUT2D eigenvalue weighted by molar-refractivity contribution is 7.26. The van der Waals surface area contributed by atoms with Crippen molar-refractivity contribution in [3.8, 4) is 39.1 Å². The third-order valence-electron chi connectivity index (χ3n) is 8.81. The van der Waals surface area contributed by atoms with Gasteiger partial charge in [0.2, 0.25) is 0 Å². The van der Waals surface area contributed by atoms with Crippen molar-refractivity contribution < 1.29 is 0 Å². The zero-order chi connectivity index (χ0) is 29.0. The molecule has 44 heavy (non-hydrogen) atoms. The van der Waals surface area contributed by atoms with Crippen LogP contribution in [0, 0.1) is 0 Å². The van der Waals surface area contributed by atoms with E-state index in [9.17, 15) is 0 Å². The summed E-state index contributed by atoms with van der Waals surface area (Å²) in [7, 11) is 0. The average Bonchev–Trinajstić information content (AvgIpc) is 3.64. The summed E-state index contributed by atoms with van der Waals surface area (Å²) in [6.45, 7) is 0. The highest BCUT2D eigenvalue weighted by atomic mass is 32.1. The highest BCUT2D eigenvalue weighted by Crippen LogP contribution is 2.45. The predicted molar refractivity (Wildman–Crippen MR) is 190 cm³/mol. The molecule has 0 fully saturated rings. The van der Waals surface area contributed by atoms with Crippen LogP contribution in [0.15, 0.2) is 164 Å². The van der Waals surface area contributed by atoms with Gasteiger partial charge in [0.25, 0.3) is 0 Å². The Morgan fingerprint density at radius 2 is 0.864 bits per heavy atom. The van der Waals surface area contributed by atoms with Crippen molar-refractivity contribution >= 4 is 53.3 Å². The molecule has 2 aromatic heterocycles. The molecule has 0 aliphatic carbocycles. The molecule has 9 aromatic rings. The van der Waals surface area contributed by atoms with Gasteiger partial charge in [-0.05, 0) is 75.8 Å². The van der Waals surface area contributed by atoms with Gasteiger partial charge in [-0.3, -0.25) is 0 Å². The lowest BCUT2D eigenvalue weighted by molar-refractivity contribution is 1.18. The first-order chi connectivity index (χ1) is 21.8. The second-order valence-electron chi connectivity index (χ2n) is 11.4. The highest BCUT2D eigenvalue weighted by Gasteiger charge is 2.19. The van der Waals surface area contributed by atoms with Crippen LogP contribution in [-0.4, -0.2) is 4.57 Å². The Kier molecular flexibility index (Phi) is 5.75. The van der Waals surface area contributed by atoms with Crippen LogP contribution in [0.5, 0.6) is 0 Å². The SMILES string of the molecule is c1ccc(-c2ccc(-n3c4ccc(-c5ccccc5)cc4c4c5sc6ccc(-c7ccccc7)cc6c5ccc43)cc2)cc1. The fraction of sp³-hybridized carbons (Fsp3) is 0. The van der Waals surface area contributed by atoms with Gasteiger partial charge in [-0.2, -0.15) is 0 Å². The number of thiophene rings is 1. The van der Waals surface area contributed by atoms with Crippen LogP contribution in [0.25, 0.3) is 81.0 Å². The van der Waals surface area contributed by atoms with Crippen LogP contribution < -0.4 is 0 Å². The molecule has 0 spiro atoms. The number of fused-ring (bicyclic) bond motifs is 7. The molecule has 7 aromatic carbocycles. The fourth-order valence-electron chi connectivity index (χ4n) is 6.67. The summed E-state index contributed by atoms with van der Waals surface area (Å²) in [5.74, 6) is 0. The molecule has 0 aliphatic rings. The van der Waals surface area contributed by atoms with Crippen molar-refractivity contribution in [3.63, 3.8) is 0 Å². The minimum atomic E-state index is 1.17. The quantitative estimate of drug-likeness (QED) is 0.196. The van der Waals surface area contributed by atoms with Gasteiger partial charge in [0.1, 0.15) is 0 Å². The van der Waals surface area contributed by atoms with Gasteiger partial charge in [-0.25, -0.2) is 0 Å². The molecule has 9 rings (SSSR count). The van der Waals surface area contributed by atoms with Crippen molar-refractivity contribution in [2.45, 2.75) is 0 Å². The molecule has 0 aliphatic heterocycles. The van der Waals surface area contributed by atoms with Gasteiger partial charge in [0.05, 0.1) is 11.0 Å². The Bertz CT molecular complexity index is 2450. The molecule has 1 nitrogen and oxygen atoms in total. The molecule has 2 heterocycles. The van der Waals surface area contributed by atoms with Crippen molar-refractivity contribution in [1.82, 2.24) is 4.57 Å². The van der Waals surface area contributed by atoms with Crippen molar-refractivity contribution in [3.05, 3.63) is 164 Å². The lowest BCUT2D eigenvalue weighted by Crippen LogP contribution is -1.93.